The van der Waals surface area contributed by atoms with Crippen molar-refractivity contribution in [1.29, 1.82) is 0 Å². The molecule has 5 nitrogen and oxygen atoms in total. The van der Waals surface area contributed by atoms with E-state index in [1.807, 2.05) is 0 Å². The second-order valence-corrected chi connectivity index (χ2v) is 4.43. The van der Waals surface area contributed by atoms with Crippen LogP contribution >= 0.6 is 0 Å². The number of amides is 2. The summed E-state index contributed by atoms with van der Waals surface area (Å²) in [6.45, 7) is -0.115. The van der Waals surface area contributed by atoms with Crippen molar-refractivity contribution in [1.82, 2.24) is 4.90 Å². The molecule has 2 N–H and O–H groups in total. The fourth-order valence-electron chi connectivity index (χ4n) is 2.06. The first kappa shape index (κ1) is 12.2. The van der Waals surface area contributed by atoms with Crippen molar-refractivity contribution < 1.29 is 14.3 Å². The minimum absolute atomic E-state index is 0.115. The molecule has 0 atom stereocenters. The molecule has 0 unspecified atom stereocenters. The lowest BCUT2D eigenvalue weighted by Crippen LogP contribution is -2.33. The van der Waals surface area contributed by atoms with Gasteiger partial charge in [0.25, 0.3) is 11.8 Å². The van der Waals surface area contributed by atoms with Gasteiger partial charge in [0, 0.05) is 5.69 Å². The van der Waals surface area contributed by atoms with Gasteiger partial charge in [0.2, 0.25) is 0 Å². The van der Waals surface area contributed by atoms with Gasteiger partial charge in [0.15, 0.2) is 6.73 Å². The summed E-state index contributed by atoms with van der Waals surface area (Å²) in [6, 6.07) is 13.5. The van der Waals surface area contributed by atoms with Crippen LogP contribution in [0.25, 0.3) is 0 Å². The van der Waals surface area contributed by atoms with Crippen molar-refractivity contribution in [3.05, 3.63) is 59.7 Å². The quantitative estimate of drug-likeness (QED) is 0.681. The van der Waals surface area contributed by atoms with E-state index in [1.54, 1.807) is 48.5 Å². The van der Waals surface area contributed by atoms with Gasteiger partial charge in [0.05, 0.1) is 11.1 Å². The predicted octanol–water partition coefficient (Wildman–Crippen LogP) is 1.90. The van der Waals surface area contributed by atoms with Crippen LogP contribution in [0.2, 0.25) is 0 Å². The van der Waals surface area contributed by atoms with Crippen LogP contribution in [0, 0.1) is 0 Å². The van der Waals surface area contributed by atoms with Crippen LogP contribution in [-0.2, 0) is 0 Å². The summed E-state index contributed by atoms with van der Waals surface area (Å²) in [5, 5.41) is 0. The molecule has 1 aliphatic rings. The van der Waals surface area contributed by atoms with E-state index < -0.39 is 0 Å². The van der Waals surface area contributed by atoms with E-state index in [4.69, 9.17) is 10.5 Å². The first-order valence-electron chi connectivity index (χ1n) is 6.10. The summed E-state index contributed by atoms with van der Waals surface area (Å²) in [6.07, 6.45) is 0. The van der Waals surface area contributed by atoms with Gasteiger partial charge in [-0.25, -0.2) is 4.90 Å². The molecule has 1 aliphatic heterocycles. The first-order chi connectivity index (χ1) is 9.66. The van der Waals surface area contributed by atoms with E-state index in [1.165, 1.54) is 0 Å². The van der Waals surface area contributed by atoms with Gasteiger partial charge in [0.1, 0.15) is 5.75 Å². The Labute approximate surface area is 115 Å². The number of carbonyl (C=O) groups excluding carboxylic acids is 2. The summed E-state index contributed by atoms with van der Waals surface area (Å²) in [5.74, 6) is -0.113. The van der Waals surface area contributed by atoms with Crippen molar-refractivity contribution >= 4 is 17.5 Å². The van der Waals surface area contributed by atoms with E-state index in [-0.39, 0.29) is 18.5 Å². The zero-order valence-electron chi connectivity index (χ0n) is 10.6. The predicted molar refractivity (Wildman–Crippen MR) is 73.3 cm³/mol. The molecule has 100 valence electrons. The molecule has 0 saturated heterocycles. The van der Waals surface area contributed by atoms with Crippen molar-refractivity contribution in [3.63, 3.8) is 0 Å². The van der Waals surface area contributed by atoms with Crippen LogP contribution < -0.4 is 10.5 Å². The fourth-order valence-corrected chi connectivity index (χ4v) is 2.06. The van der Waals surface area contributed by atoms with Crippen LogP contribution in [0.5, 0.6) is 5.75 Å². The van der Waals surface area contributed by atoms with Crippen LogP contribution in [-0.4, -0.2) is 23.4 Å². The minimum atomic E-state index is -0.332. The maximum atomic E-state index is 12.1. The molecular formula is C15H12N2O3. The number of carbonyl (C=O) groups is 2. The van der Waals surface area contributed by atoms with E-state index in [0.717, 1.165) is 4.90 Å². The van der Waals surface area contributed by atoms with Gasteiger partial charge in [-0.05, 0) is 36.4 Å². The van der Waals surface area contributed by atoms with Crippen molar-refractivity contribution in [2.45, 2.75) is 0 Å². The molecule has 0 aromatic heterocycles. The van der Waals surface area contributed by atoms with Crippen LogP contribution in [0.15, 0.2) is 48.5 Å². The van der Waals surface area contributed by atoms with E-state index in [9.17, 15) is 9.59 Å². The number of imide groups is 1. The number of rotatable bonds is 3. The Morgan fingerprint density at radius 3 is 2.00 bits per heavy atom. The number of ether oxygens (including phenoxy) is 1. The zero-order valence-corrected chi connectivity index (χ0v) is 10.6. The van der Waals surface area contributed by atoms with Gasteiger partial charge in [-0.2, -0.15) is 0 Å². The molecule has 1 heterocycles. The Balaban J connectivity index is 1.75. The molecule has 0 aliphatic carbocycles. The number of nitrogens with zero attached hydrogens (tertiary/aromatic N) is 1. The number of benzene rings is 2. The summed E-state index contributed by atoms with van der Waals surface area (Å²) >= 11 is 0. The third-order valence-corrected chi connectivity index (χ3v) is 3.12. The smallest absolute Gasteiger partial charge is 0.264 e. The number of hydrogen-bond acceptors (Lipinski definition) is 4. The van der Waals surface area contributed by atoms with Gasteiger partial charge < -0.3 is 10.5 Å². The largest absolute Gasteiger partial charge is 0.473 e. The summed E-state index contributed by atoms with van der Waals surface area (Å²) in [4.78, 5) is 25.3. The van der Waals surface area contributed by atoms with E-state index in [2.05, 4.69) is 0 Å². The van der Waals surface area contributed by atoms with Crippen molar-refractivity contribution in [2.24, 2.45) is 0 Å². The molecule has 0 saturated carbocycles. The number of nitrogen functional groups attached to an aromatic ring is 1. The molecule has 20 heavy (non-hydrogen) atoms. The van der Waals surface area contributed by atoms with Crippen molar-refractivity contribution in [3.8, 4) is 5.75 Å². The molecule has 0 radical (unpaired) electrons. The van der Waals surface area contributed by atoms with Gasteiger partial charge in [-0.15, -0.1) is 0 Å². The molecule has 3 rings (SSSR count). The highest BCUT2D eigenvalue weighted by molar-refractivity contribution is 6.21. The summed E-state index contributed by atoms with van der Waals surface area (Å²) in [7, 11) is 0. The molecular weight excluding hydrogens is 256 g/mol. The fraction of sp³-hybridized carbons (Fsp3) is 0.0667. The average Bonchev–Trinajstić information content (AvgIpc) is 2.71. The Morgan fingerprint density at radius 1 is 0.900 bits per heavy atom. The lowest BCUT2D eigenvalue weighted by molar-refractivity contribution is 0.0522. The molecule has 5 heteroatoms. The monoisotopic (exact) mass is 268 g/mol. The minimum Gasteiger partial charge on any atom is -0.473 e. The number of nitrogens with two attached hydrogens (primary N) is 1. The molecule has 2 amide bonds. The van der Waals surface area contributed by atoms with E-state index in [0.29, 0.717) is 22.6 Å². The van der Waals surface area contributed by atoms with Gasteiger partial charge in [-0.3, -0.25) is 9.59 Å². The highest BCUT2D eigenvalue weighted by Gasteiger charge is 2.35. The van der Waals surface area contributed by atoms with Crippen LogP contribution in [0.4, 0.5) is 5.69 Å². The van der Waals surface area contributed by atoms with Gasteiger partial charge >= 0.3 is 0 Å². The lowest BCUT2D eigenvalue weighted by atomic mass is 10.1. The first-order valence-corrected chi connectivity index (χ1v) is 6.10. The number of fused-ring (bicyclic) bond motifs is 1. The third-order valence-electron chi connectivity index (χ3n) is 3.12. The van der Waals surface area contributed by atoms with Crippen molar-refractivity contribution in [2.75, 3.05) is 12.5 Å². The molecule has 0 spiro atoms. The normalized spacial score (nSPS) is 13.5. The molecule has 0 bridgehead atoms. The standard InChI is InChI=1S/C15H12N2O3/c16-10-5-7-11(8-6-10)20-9-17-14(18)12-3-1-2-4-13(12)15(17)19/h1-8H,9,16H2. The Kier molecular flexibility index (Phi) is 2.87. The van der Waals surface area contributed by atoms with Crippen LogP contribution in [0.3, 0.4) is 0 Å². The highest BCUT2D eigenvalue weighted by atomic mass is 16.5. The summed E-state index contributed by atoms with van der Waals surface area (Å²) in [5.41, 5.74) is 7.03. The second-order valence-electron chi connectivity index (χ2n) is 4.43. The Morgan fingerprint density at radius 2 is 1.45 bits per heavy atom. The van der Waals surface area contributed by atoms with Crippen LogP contribution in [0.1, 0.15) is 20.7 Å². The lowest BCUT2D eigenvalue weighted by Gasteiger charge is -2.14. The Hall–Kier alpha value is -2.82. The number of hydrogen-bond donors (Lipinski definition) is 1. The summed E-state index contributed by atoms with van der Waals surface area (Å²) < 4.78 is 5.45. The maximum absolute atomic E-state index is 12.1. The average molecular weight is 268 g/mol. The molecule has 2 aromatic carbocycles. The zero-order chi connectivity index (χ0) is 14.1. The molecule has 0 fully saturated rings. The topological polar surface area (TPSA) is 72.6 Å². The van der Waals surface area contributed by atoms with Gasteiger partial charge in [-0.1, -0.05) is 12.1 Å². The second kappa shape index (κ2) is 4.70. The maximum Gasteiger partial charge on any atom is 0.264 e. The SMILES string of the molecule is Nc1ccc(OCN2C(=O)c3ccccc3C2=O)cc1. The molecule has 2 aromatic rings. The Bertz CT molecular complexity index is 645. The van der Waals surface area contributed by atoms with E-state index >= 15 is 0 Å². The third kappa shape index (κ3) is 1.99. The highest BCUT2D eigenvalue weighted by Crippen LogP contribution is 2.23. The number of anilines is 1.